The zero-order valence-corrected chi connectivity index (χ0v) is 17.5. The minimum Gasteiger partial charge on any atom is -0.481 e. The molecule has 10 heteroatoms. The lowest BCUT2D eigenvalue weighted by molar-refractivity contribution is -0.139. The molecule has 0 saturated carbocycles. The van der Waals surface area contributed by atoms with Crippen molar-refractivity contribution in [1.82, 2.24) is 15.3 Å². The van der Waals surface area contributed by atoms with Crippen molar-refractivity contribution >= 4 is 30.5 Å². The number of para-hydroxylation sites is 2. The van der Waals surface area contributed by atoms with Crippen LogP contribution in [0.2, 0.25) is 0 Å². The van der Waals surface area contributed by atoms with E-state index in [4.69, 9.17) is 0 Å². The summed E-state index contributed by atoms with van der Waals surface area (Å²) in [6.07, 6.45) is -0.335. The summed E-state index contributed by atoms with van der Waals surface area (Å²) in [7, 11) is -4.41. The van der Waals surface area contributed by atoms with Crippen LogP contribution in [0.5, 0.6) is 0 Å². The molecular weight excluding hydrogens is 421 g/mol. The lowest BCUT2D eigenvalue weighted by Crippen LogP contribution is -2.35. The summed E-state index contributed by atoms with van der Waals surface area (Å²) in [6.45, 7) is 0.0271. The second-order valence-electron chi connectivity index (χ2n) is 7.34. The van der Waals surface area contributed by atoms with Gasteiger partial charge in [-0.1, -0.05) is 42.5 Å². The van der Waals surface area contributed by atoms with E-state index in [-0.39, 0.29) is 19.4 Å². The largest absolute Gasteiger partial charge is 0.481 e. The summed E-state index contributed by atoms with van der Waals surface area (Å²) in [4.78, 5) is 50.4. The van der Waals surface area contributed by atoms with Crippen molar-refractivity contribution in [3.05, 3.63) is 66.0 Å². The van der Waals surface area contributed by atoms with Crippen molar-refractivity contribution in [2.45, 2.75) is 18.8 Å². The highest BCUT2D eigenvalue weighted by Gasteiger charge is 2.29. The summed E-state index contributed by atoms with van der Waals surface area (Å²) in [5, 5.41) is 12.2. The van der Waals surface area contributed by atoms with Crippen LogP contribution in [0.25, 0.3) is 11.0 Å². The number of amides is 1. The smallest absolute Gasteiger partial charge is 0.326 e. The number of carboxylic acid groups (broad SMARTS) is 1. The Kier molecular flexibility index (Phi) is 7.22. The Labute approximate surface area is 178 Å². The first kappa shape index (κ1) is 22.7. The van der Waals surface area contributed by atoms with Crippen LogP contribution in [0.15, 0.2) is 54.6 Å². The number of carbonyl (C=O) groups excluding carboxylic acids is 1. The fourth-order valence-electron chi connectivity index (χ4n) is 3.42. The topological polar surface area (TPSA) is 153 Å². The number of nitrogens with zero attached hydrogens (tertiary/aromatic N) is 1. The van der Waals surface area contributed by atoms with Gasteiger partial charge in [-0.25, -0.2) is 4.98 Å². The van der Waals surface area contributed by atoms with Gasteiger partial charge >= 0.3 is 13.6 Å². The van der Waals surface area contributed by atoms with E-state index in [2.05, 4.69) is 15.3 Å². The third-order valence-corrected chi connectivity index (χ3v) is 5.84. The van der Waals surface area contributed by atoms with E-state index in [9.17, 15) is 29.0 Å². The molecule has 1 amide bonds. The SMILES string of the molecule is O=C(NCCC(C(=O)O)c1nc2ccccc2[nH]1)C(Cc1ccccc1)CP(=O)(O)O. The summed E-state index contributed by atoms with van der Waals surface area (Å²) in [5.41, 5.74) is 2.15. The van der Waals surface area contributed by atoms with Gasteiger partial charge < -0.3 is 25.2 Å². The Morgan fingerprint density at radius 2 is 1.74 bits per heavy atom. The van der Waals surface area contributed by atoms with Gasteiger partial charge in [-0.3, -0.25) is 14.2 Å². The van der Waals surface area contributed by atoms with Crippen molar-refractivity contribution in [3.63, 3.8) is 0 Å². The number of nitrogens with one attached hydrogen (secondary N) is 2. The molecule has 1 aromatic heterocycles. The number of H-pyrrole nitrogens is 1. The molecule has 0 bridgehead atoms. The molecule has 31 heavy (non-hydrogen) atoms. The number of benzene rings is 2. The van der Waals surface area contributed by atoms with Crippen LogP contribution < -0.4 is 5.32 Å². The molecule has 0 aliphatic rings. The predicted molar refractivity (Wildman–Crippen MR) is 115 cm³/mol. The number of aromatic amines is 1. The monoisotopic (exact) mass is 445 g/mol. The number of aliphatic carboxylic acids is 1. The Bertz CT molecular complexity index is 1060. The quantitative estimate of drug-likeness (QED) is 0.300. The number of carboxylic acids is 1. The Hall–Kier alpha value is -3.00. The van der Waals surface area contributed by atoms with Gasteiger partial charge in [0.05, 0.1) is 23.1 Å². The summed E-state index contributed by atoms with van der Waals surface area (Å²) in [5.74, 6) is -3.20. The molecule has 3 aromatic rings. The number of rotatable bonds is 10. The molecule has 1 heterocycles. The Balaban J connectivity index is 1.65. The summed E-state index contributed by atoms with van der Waals surface area (Å²) < 4.78 is 11.5. The van der Waals surface area contributed by atoms with Crippen molar-refractivity contribution < 1.29 is 29.0 Å². The predicted octanol–water partition coefficient (Wildman–Crippen LogP) is 2.27. The number of hydrogen-bond acceptors (Lipinski definition) is 4. The third-order valence-electron chi connectivity index (χ3n) is 4.92. The molecule has 0 saturated heterocycles. The van der Waals surface area contributed by atoms with Crippen molar-refractivity contribution in [2.75, 3.05) is 12.7 Å². The Morgan fingerprint density at radius 1 is 1.06 bits per heavy atom. The fourth-order valence-corrected chi connectivity index (χ4v) is 4.29. The van der Waals surface area contributed by atoms with Gasteiger partial charge in [0.2, 0.25) is 5.91 Å². The summed E-state index contributed by atoms with van der Waals surface area (Å²) in [6, 6.07) is 16.1. The highest BCUT2D eigenvalue weighted by molar-refractivity contribution is 7.51. The first-order valence-corrected chi connectivity index (χ1v) is 11.6. The maximum absolute atomic E-state index is 12.6. The van der Waals surface area contributed by atoms with Crippen LogP contribution in [-0.4, -0.2) is 49.4 Å². The lowest BCUT2D eigenvalue weighted by Gasteiger charge is -2.18. The number of fused-ring (bicyclic) bond motifs is 1. The van der Waals surface area contributed by atoms with Gasteiger partial charge in [0.15, 0.2) is 0 Å². The third kappa shape index (κ3) is 6.49. The van der Waals surface area contributed by atoms with E-state index < -0.39 is 37.5 Å². The van der Waals surface area contributed by atoms with E-state index in [0.29, 0.717) is 11.3 Å². The first-order valence-electron chi connectivity index (χ1n) is 9.76. The van der Waals surface area contributed by atoms with E-state index in [1.54, 1.807) is 42.5 Å². The molecule has 2 unspecified atom stereocenters. The average molecular weight is 445 g/mol. The molecule has 0 aliphatic heterocycles. The molecule has 2 atom stereocenters. The van der Waals surface area contributed by atoms with Crippen LogP contribution >= 0.6 is 7.60 Å². The Morgan fingerprint density at radius 3 is 2.39 bits per heavy atom. The molecule has 9 nitrogen and oxygen atoms in total. The fraction of sp³-hybridized carbons (Fsp3) is 0.286. The zero-order chi connectivity index (χ0) is 22.4. The van der Waals surface area contributed by atoms with E-state index in [1.807, 2.05) is 12.1 Å². The number of aromatic nitrogens is 2. The minimum atomic E-state index is -4.41. The van der Waals surface area contributed by atoms with Crippen molar-refractivity contribution in [3.8, 4) is 0 Å². The number of hydrogen-bond donors (Lipinski definition) is 5. The standard InChI is InChI=1S/C21H24N3O6P/c25-20(15(13-31(28,29)30)12-14-6-2-1-3-7-14)22-11-10-16(21(26)27)19-23-17-8-4-5-9-18(17)24-19/h1-9,15-16H,10-13H2,(H,22,25)(H,23,24)(H,26,27)(H2,28,29,30). The average Bonchev–Trinajstić information content (AvgIpc) is 3.13. The molecule has 2 aromatic carbocycles. The van der Waals surface area contributed by atoms with Crippen LogP contribution in [0, 0.1) is 5.92 Å². The van der Waals surface area contributed by atoms with Crippen LogP contribution in [-0.2, 0) is 20.6 Å². The molecule has 0 fully saturated rings. The lowest BCUT2D eigenvalue weighted by atomic mass is 9.99. The van der Waals surface area contributed by atoms with Crippen molar-refractivity contribution in [1.29, 1.82) is 0 Å². The second-order valence-corrected chi connectivity index (χ2v) is 9.04. The minimum absolute atomic E-state index is 0.0271. The molecule has 5 N–H and O–H groups in total. The van der Waals surface area contributed by atoms with Gasteiger partial charge in [0, 0.05) is 6.54 Å². The maximum atomic E-state index is 12.6. The van der Waals surface area contributed by atoms with Crippen LogP contribution in [0.1, 0.15) is 23.7 Å². The molecule has 0 spiro atoms. The first-order chi connectivity index (χ1) is 14.7. The maximum Gasteiger partial charge on any atom is 0.326 e. The van der Waals surface area contributed by atoms with Crippen LogP contribution in [0.4, 0.5) is 0 Å². The molecule has 0 aliphatic carbocycles. The number of imidazole rings is 1. The van der Waals surface area contributed by atoms with Gasteiger partial charge in [-0.05, 0) is 30.5 Å². The molecule has 164 valence electrons. The summed E-state index contributed by atoms with van der Waals surface area (Å²) >= 11 is 0. The molecule has 3 rings (SSSR count). The van der Waals surface area contributed by atoms with E-state index in [0.717, 1.165) is 11.1 Å². The second kappa shape index (κ2) is 9.87. The normalized spacial score (nSPS) is 13.6. The number of carbonyl (C=O) groups is 2. The van der Waals surface area contributed by atoms with Crippen molar-refractivity contribution in [2.24, 2.45) is 5.92 Å². The van der Waals surface area contributed by atoms with Crippen LogP contribution in [0.3, 0.4) is 0 Å². The highest BCUT2D eigenvalue weighted by atomic mass is 31.2. The molecular formula is C21H24N3O6P. The molecule has 0 radical (unpaired) electrons. The van der Waals surface area contributed by atoms with Gasteiger partial charge in [0.25, 0.3) is 0 Å². The van der Waals surface area contributed by atoms with Gasteiger partial charge in [-0.15, -0.1) is 0 Å². The van der Waals surface area contributed by atoms with Gasteiger partial charge in [-0.2, -0.15) is 0 Å². The highest BCUT2D eigenvalue weighted by Crippen LogP contribution is 2.37. The van der Waals surface area contributed by atoms with E-state index >= 15 is 0 Å². The van der Waals surface area contributed by atoms with E-state index in [1.165, 1.54) is 0 Å². The van der Waals surface area contributed by atoms with Gasteiger partial charge in [0.1, 0.15) is 11.7 Å². The zero-order valence-electron chi connectivity index (χ0n) is 16.6.